The van der Waals surface area contributed by atoms with E-state index >= 15 is 0 Å². The van der Waals surface area contributed by atoms with E-state index in [2.05, 4.69) is 17.3 Å². The lowest BCUT2D eigenvalue weighted by Crippen LogP contribution is -2.17. The number of hydrogen-bond acceptors (Lipinski definition) is 4. The van der Waals surface area contributed by atoms with Crippen LogP contribution in [0.5, 0.6) is 0 Å². The van der Waals surface area contributed by atoms with Crippen molar-refractivity contribution in [3.05, 3.63) is 17.6 Å². The maximum atomic E-state index is 5.56. The number of aromatic nitrogens is 2. The zero-order valence-electron chi connectivity index (χ0n) is 12.4. The molecule has 1 aromatic heterocycles. The van der Waals surface area contributed by atoms with Crippen molar-refractivity contribution < 1.29 is 0 Å². The van der Waals surface area contributed by atoms with Crippen LogP contribution in [0.3, 0.4) is 0 Å². The first-order valence-electron chi connectivity index (χ1n) is 8.15. The highest BCUT2D eigenvalue weighted by molar-refractivity contribution is 5.37. The third kappa shape index (κ3) is 3.11. The Kier molecular flexibility index (Phi) is 4.20. The summed E-state index contributed by atoms with van der Waals surface area (Å²) in [6.07, 6.45) is 10.4. The van der Waals surface area contributed by atoms with Crippen molar-refractivity contribution in [3.8, 4) is 0 Å². The van der Waals surface area contributed by atoms with Crippen molar-refractivity contribution in [2.45, 2.75) is 70.1 Å². The molecule has 2 saturated carbocycles. The van der Waals surface area contributed by atoms with Gasteiger partial charge in [0.1, 0.15) is 11.6 Å². The molecule has 3 N–H and O–H groups in total. The summed E-state index contributed by atoms with van der Waals surface area (Å²) >= 11 is 0. The summed E-state index contributed by atoms with van der Waals surface area (Å²) in [5.74, 6) is 9.48. The molecule has 1 heterocycles. The van der Waals surface area contributed by atoms with Gasteiger partial charge in [0.15, 0.2) is 0 Å². The van der Waals surface area contributed by atoms with Crippen molar-refractivity contribution in [2.75, 3.05) is 5.43 Å². The molecule has 0 unspecified atom stereocenters. The molecule has 0 amide bonds. The number of hydrazine groups is 1. The highest BCUT2D eigenvalue weighted by Crippen LogP contribution is 2.41. The Hall–Kier alpha value is -1.16. The van der Waals surface area contributed by atoms with Crippen LogP contribution in [0.15, 0.2) is 6.07 Å². The fraction of sp³-hybridized carbons (Fsp3) is 0.750. The van der Waals surface area contributed by atoms with E-state index in [1.807, 2.05) is 6.07 Å². The average molecular weight is 274 g/mol. The monoisotopic (exact) mass is 274 g/mol. The van der Waals surface area contributed by atoms with Crippen LogP contribution in [0.4, 0.5) is 5.82 Å². The van der Waals surface area contributed by atoms with E-state index in [4.69, 9.17) is 10.8 Å². The number of hydrogen-bond donors (Lipinski definition) is 2. The number of nitrogen functional groups attached to an aromatic ring is 1. The second-order valence-electron chi connectivity index (χ2n) is 6.46. The zero-order chi connectivity index (χ0) is 13.9. The smallest absolute Gasteiger partial charge is 0.143 e. The highest BCUT2D eigenvalue weighted by atomic mass is 15.3. The van der Waals surface area contributed by atoms with Gasteiger partial charge in [-0.15, -0.1) is 0 Å². The topological polar surface area (TPSA) is 63.8 Å². The fourth-order valence-corrected chi connectivity index (χ4v) is 3.45. The van der Waals surface area contributed by atoms with Gasteiger partial charge in [-0.2, -0.15) is 0 Å². The molecule has 110 valence electrons. The van der Waals surface area contributed by atoms with E-state index in [0.717, 1.165) is 17.6 Å². The van der Waals surface area contributed by atoms with Gasteiger partial charge in [-0.3, -0.25) is 0 Å². The van der Waals surface area contributed by atoms with Crippen LogP contribution >= 0.6 is 0 Å². The number of nitrogens with one attached hydrogen (secondary N) is 1. The van der Waals surface area contributed by atoms with Crippen LogP contribution in [-0.2, 0) is 0 Å². The summed E-state index contributed by atoms with van der Waals surface area (Å²) in [6.45, 7) is 2.29. The molecule has 2 aliphatic rings. The molecule has 4 nitrogen and oxygen atoms in total. The first kappa shape index (κ1) is 13.8. The number of anilines is 1. The van der Waals surface area contributed by atoms with Gasteiger partial charge in [0.2, 0.25) is 0 Å². The van der Waals surface area contributed by atoms with Gasteiger partial charge < -0.3 is 5.43 Å². The Labute approximate surface area is 121 Å². The van der Waals surface area contributed by atoms with Crippen molar-refractivity contribution >= 4 is 5.82 Å². The van der Waals surface area contributed by atoms with Crippen molar-refractivity contribution in [1.82, 2.24) is 9.97 Å². The molecule has 0 radical (unpaired) electrons. The van der Waals surface area contributed by atoms with Crippen LogP contribution in [0.2, 0.25) is 0 Å². The standard InChI is InChI=1S/C16H26N4/c1-2-3-11-4-6-13(7-5-11)16-18-14(12-8-9-12)10-15(19-16)20-17/h10-13H,2-9,17H2,1H3,(H,18,19,20). The number of nitrogens with two attached hydrogens (primary N) is 1. The minimum atomic E-state index is 0.536. The van der Waals surface area contributed by atoms with E-state index in [1.165, 1.54) is 57.1 Å². The maximum absolute atomic E-state index is 5.56. The third-order valence-electron chi connectivity index (χ3n) is 4.82. The normalized spacial score (nSPS) is 26.5. The molecule has 3 rings (SSSR count). The van der Waals surface area contributed by atoms with Gasteiger partial charge in [0.25, 0.3) is 0 Å². The summed E-state index contributed by atoms with van der Waals surface area (Å²) < 4.78 is 0. The Balaban J connectivity index is 1.71. The number of rotatable bonds is 5. The molecule has 2 fully saturated rings. The second-order valence-corrected chi connectivity index (χ2v) is 6.46. The van der Waals surface area contributed by atoms with Gasteiger partial charge in [-0.1, -0.05) is 19.8 Å². The predicted molar refractivity (Wildman–Crippen MR) is 81.4 cm³/mol. The first-order valence-corrected chi connectivity index (χ1v) is 8.15. The van der Waals surface area contributed by atoms with Gasteiger partial charge >= 0.3 is 0 Å². The van der Waals surface area contributed by atoms with Gasteiger partial charge in [-0.25, -0.2) is 15.8 Å². The molecule has 20 heavy (non-hydrogen) atoms. The SMILES string of the molecule is CCCC1CCC(c2nc(NN)cc(C3CC3)n2)CC1. The molecule has 0 aromatic carbocycles. The molecule has 0 aliphatic heterocycles. The van der Waals surface area contributed by atoms with Gasteiger partial charge in [0, 0.05) is 23.6 Å². The minimum absolute atomic E-state index is 0.536. The molecule has 0 atom stereocenters. The van der Waals surface area contributed by atoms with E-state index in [-0.39, 0.29) is 0 Å². The molecule has 4 heteroatoms. The summed E-state index contributed by atoms with van der Waals surface area (Å²) in [4.78, 5) is 9.44. The Bertz CT molecular complexity index is 448. The van der Waals surface area contributed by atoms with E-state index < -0.39 is 0 Å². The van der Waals surface area contributed by atoms with E-state index in [1.54, 1.807) is 0 Å². The molecule has 0 saturated heterocycles. The molecule has 0 bridgehead atoms. The minimum Gasteiger partial charge on any atom is -0.308 e. The van der Waals surface area contributed by atoms with Crippen molar-refractivity contribution in [3.63, 3.8) is 0 Å². The largest absolute Gasteiger partial charge is 0.308 e. The van der Waals surface area contributed by atoms with E-state index in [0.29, 0.717) is 11.8 Å². The first-order chi connectivity index (χ1) is 9.80. The third-order valence-corrected chi connectivity index (χ3v) is 4.82. The molecule has 2 aliphatic carbocycles. The quantitative estimate of drug-likeness (QED) is 0.634. The summed E-state index contributed by atoms with van der Waals surface area (Å²) in [5, 5.41) is 0. The second kappa shape index (κ2) is 6.08. The van der Waals surface area contributed by atoms with Crippen molar-refractivity contribution in [2.24, 2.45) is 11.8 Å². The van der Waals surface area contributed by atoms with E-state index in [9.17, 15) is 0 Å². The van der Waals surface area contributed by atoms with Gasteiger partial charge in [0.05, 0.1) is 0 Å². The zero-order valence-corrected chi connectivity index (χ0v) is 12.4. The summed E-state index contributed by atoms with van der Waals surface area (Å²) in [5.41, 5.74) is 3.90. The lowest BCUT2D eigenvalue weighted by atomic mass is 9.80. The van der Waals surface area contributed by atoms with Gasteiger partial charge in [-0.05, 0) is 44.4 Å². The number of nitrogens with zero attached hydrogens (tertiary/aromatic N) is 2. The highest BCUT2D eigenvalue weighted by Gasteiger charge is 2.29. The Morgan fingerprint density at radius 2 is 1.80 bits per heavy atom. The molecule has 0 spiro atoms. The maximum Gasteiger partial charge on any atom is 0.143 e. The van der Waals surface area contributed by atoms with Crippen LogP contribution in [-0.4, -0.2) is 9.97 Å². The predicted octanol–water partition coefficient (Wildman–Crippen LogP) is 3.71. The average Bonchev–Trinajstić information content (AvgIpc) is 3.32. The molecular formula is C16H26N4. The Morgan fingerprint density at radius 3 is 2.40 bits per heavy atom. The van der Waals surface area contributed by atoms with Crippen LogP contribution < -0.4 is 11.3 Å². The lowest BCUT2D eigenvalue weighted by molar-refractivity contribution is 0.302. The van der Waals surface area contributed by atoms with Crippen molar-refractivity contribution in [1.29, 1.82) is 0 Å². The van der Waals surface area contributed by atoms with Crippen LogP contribution in [0.1, 0.15) is 81.6 Å². The fourth-order valence-electron chi connectivity index (χ4n) is 3.45. The summed E-state index contributed by atoms with van der Waals surface area (Å²) in [7, 11) is 0. The lowest BCUT2D eigenvalue weighted by Gasteiger charge is -2.27. The van der Waals surface area contributed by atoms with Crippen LogP contribution in [0, 0.1) is 5.92 Å². The molecular weight excluding hydrogens is 248 g/mol. The summed E-state index contributed by atoms with van der Waals surface area (Å²) in [6, 6.07) is 2.02. The van der Waals surface area contributed by atoms with Crippen LogP contribution in [0.25, 0.3) is 0 Å². The molecule has 1 aromatic rings. The Morgan fingerprint density at radius 1 is 1.10 bits per heavy atom.